The van der Waals surface area contributed by atoms with E-state index in [0.29, 0.717) is 5.88 Å². The van der Waals surface area contributed by atoms with Crippen molar-refractivity contribution in [3.8, 4) is 0 Å². The van der Waals surface area contributed by atoms with E-state index in [1.807, 2.05) is 25.1 Å². The van der Waals surface area contributed by atoms with Gasteiger partial charge < -0.3 is 0 Å². The summed E-state index contributed by atoms with van der Waals surface area (Å²) < 4.78 is 0. The van der Waals surface area contributed by atoms with Crippen molar-refractivity contribution in [2.45, 2.75) is 12.8 Å². The molecule has 0 saturated heterocycles. The summed E-state index contributed by atoms with van der Waals surface area (Å²) in [5.41, 5.74) is 2.20. The molecule has 0 spiro atoms. The van der Waals surface area contributed by atoms with Gasteiger partial charge in [0.25, 0.3) is 0 Å². The maximum Gasteiger partial charge on any atom is 0.0488 e. The van der Waals surface area contributed by atoms with Crippen molar-refractivity contribution < 1.29 is 0 Å². The molecule has 0 amide bonds. The minimum Gasteiger partial charge on any atom is -0.121 e. The second kappa shape index (κ2) is 3.27. The van der Waals surface area contributed by atoms with Crippen LogP contribution in [-0.2, 0) is 5.88 Å². The summed E-state index contributed by atoms with van der Waals surface area (Å²) in [6, 6.07) is 5.84. The molecule has 2 heteroatoms. The predicted molar refractivity (Wildman–Crippen MR) is 45.7 cm³/mol. The SMILES string of the molecule is Cc1ccc(Cl)c(CCl)c1. The zero-order chi connectivity index (χ0) is 7.56. The van der Waals surface area contributed by atoms with Gasteiger partial charge in [0.1, 0.15) is 0 Å². The molecule has 1 aromatic carbocycles. The van der Waals surface area contributed by atoms with Crippen LogP contribution < -0.4 is 0 Å². The van der Waals surface area contributed by atoms with Crippen molar-refractivity contribution in [1.29, 1.82) is 0 Å². The lowest BCUT2D eigenvalue weighted by atomic mass is 10.2. The zero-order valence-electron chi connectivity index (χ0n) is 5.70. The molecule has 0 N–H and O–H groups in total. The fourth-order valence-electron chi connectivity index (χ4n) is 0.806. The van der Waals surface area contributed by atoms with E-state index in [9.17, 15) is 0 Å². The van der Waals surface area contributed by atoms with Crippen LogP contribution in [0, 0.1) is 6.92 Å². The Labute approximate surface area is 70.8 Å². The standard InChI is InChI=1S/C8H8Cl2/c1-6-2-3-8(10)7(4-6)5-9/h2-4H,5H2,1H3. The number of halogens is 2. The van der Waals surface area contributed by atoms with Gasteiger partial charge in [0.15, 0.2) is 0 Å². The van der Waals surface area contributed by atoms with Crippen molar-refractivity contribution in [1.82, 2.24) is 0 Å². The van der Waals surface area contributed by atoms with Gasteiger partial charge >= 0.3 is 0 Å². The predicted octanol–water partition coefficient (Wildman–Crippen LogP) is 3.39. The second-order valence-corrected chi connectivity index (χ2v) is 2.90. The first-order valence-corrected chi connectivity index (χ1v) is 3.96. The summed E-state index contributed by atoms with van der Waals surface area (Å²) in [5, 5.41) is 0.751. The molecule has 10 heavy (non-hydrogen) atoms. The van der Waals surface area contributed by atoms with Crippen molar-refractivity contribution in [2.24, 2.45) is 0 Å². The summed E-state index contributed by atoms with van der Waals surface area (Å²) >= 11 is 11.4. The molecular weight excluding hydrogens is 167 g/mol. The van der Waals surface area contributed by atoms with Crippen LogP contribution in [0.4, 0.5) is 0 Å². The van der Waals surface area contributed by atoms with Gasteiger partial charge in [-0.1, -0.05) is 29.3 Å². The first kappa shape index (κ1) is 7.90. The van der Waals surface area contributed by atoms with Gasteiger partial charge in [-0.15, -0.1) is 11.6 Å². The Bertz CT molecular complexity index is 231. The monoisotopic (exact) mass is 174 g/mol. The molecule has 0 unspecified atom stereocenters. The van der Waals surface area contributed by atoms with E-state index in [-0.39, 0.29) is 0 Å². The number of alkyl halides is 1. The minimum atomic E-state index is 0.487. The van der Waals surface area contributed by atoms with Crippen LogP contribution in [0.5, 0.6) is 0 Å². The Morgan fingerprint density at radius 3 is 2.60 bits per heavy atom. The summed E-state index contributed by atoms with van der Waals surface area (Å²) in [4.78, 5) is 0. The first-order chi connectivity index (χ1) is 4.74. The molecule has 0 saturated carbocycles. The highest BCUT2D eigenvalue weighted by atomic mass is 35.5. The molecule has 0 fully saturated rings. The molecule has 0 aliphatic carbocycles. The van der Waals surface area contributed by atoms with E-state index >= 15 is 0 Å². The fraction of sp³-hybridized carbons (Fsp3) is 0.250. The number of hydrogen-bond acceptors (Lipinski definition) is 0. The molecule has 0 aliphatic heterocycles. The van der Waals surface area contributed by atoms with Gasteiger partial charge in [0.2, 0.25) is 0 Å². The zero-order valence-corrected chi connectivity index (χ0v) is 7.21. The third-order valence-electron chi connectivity index (χ3n) is 1.35. The normalized spacial score (nSPS) is 9.90. The topological polar surface area (TPSA) is 0 Å². The molecule has 1 aromatic rings. The Balaban J connectivity index is 3.09. The molecule has 54 valence electrons. The second-order valence-electron chi connectivity index (χ2n) is 2.23. The lowest BCUT2D eigenvalue weighted by molar-refractivity contribution is 1.35. The first-order valence-electron chi connectivity index (χ1n) is 3.05. The van der Waals surface area contributed by atoms with Gasteiger partial charge in [-0.3, -0.25) is 0 Å². The van der Waals surface area contributed by atoms with Crippen molar-refractivity contribution >= 4 is 23.2 Å². The Morgan fingerprint density at radius 1 is 1.40 bits per heavy atom. The quantitative estimate of drug-likeness (QED) is 0.574. The molecule has 0 aliphatic rings. The number of aryl methyl sites for hydroxylation is 1. The van der Waals surface area contributed by atoms with E-state index in [1.54, 1.807) is 0 Å². The highest BCUT2D eigenvalue weighted by Crippen LogP contribution is 2.18. The van der Waals surface area contributed by atoms with E-state index in [2.05, 4.69) is 0 Å². The van der Waals surface area contributed by atoms with Gasteiger partial charge in [-0.2, -0.15) is 0 Å². The Hall–Kier alpha value is -0.200. The summed E-state index contributed by atoms with van der Waals surface area (Å²) in [6.45, 7) is 2.02. The van der Waals surface area contributed by atoms with Gasteiger partial charge in [0, 0.05) is 10.9 Å². The van der Waals surface area contributed by atoms with Gasteiger partial charge in [0.05, 0.1) is 0 Å². The van der Waals surface area contributed by atoms with Crippen LogP contribution in [0.15, 0.2) is 18.2 Å². The van der Waals surface area contributed by atoms with Crippen LogP contribution in [-0.4, -0.2) is 0 Å². The Kier molecular flexibility index (Phi) is 2.58. The van der Waals surface area contributed by atoms with E-state index in [4.69, 9.17) is 23.2 Å². The van der Waals surface area contributed by atoms with Crippen molar-refractivity contribution in [3.63, 3.8) is 0 Å². The van der Waals surface area contributed by atoms with Crippen LogP contribution in [0.1, 0.15) is 11.1 Å². The summed E-state index contributed by atoms with van der Waals surface area (Å²) in [7, 11) is 0. The lowest BCUT2D eigenvalue weighted by Gasteiger charge is -1.99. The van der Waals surface area contributed by atoms with Crippen molar-refractivity contribution in [2.75, 3.05) is 0 Å². The van der Waals surface area contributed by atoms with Crippen LogP contribution >= 0.6 is 23.2 Å². The average Bonchev–Trinajstić information content (AvgIpc) is 1.94. The number of benzene rings is 1. The van der Waals surface area contributed by atoms with E-state index in [1.165, 1.54) is 5.56 Å². The highest BCUT2D eigenvalue weighted by Gasteiger charge is 1.96. The molecule has 0 nitrogen and oxygen atoms in total. The molecule has 0 atom stereocenters. The third kappa shape index (κ3) is 1.65. The Morgan fingerprint density at radius 2 is 2.10 bits per heavy atom. The maximum absolute atomic E-state index is 5.81. The summed E-state index contributed by atoms with van der Waals surface area (Å²) in [6.07, 6.45) is 0. The maximum atomic E-state index is 5.81. The molecule has 0 heterocycles. The smallest absolute Gasteiger partial charge is 0.0488 e. The summed E-state index contributed by atoms with van der Waals surface area (Å²) in [5.74, 6) is 0.487. The van der Waals surface area contributed by atoms with Crippen molar-refractivity contribution in [3.05, 3.63) is 34.3 Å². The third-order valence-corrected chi connectivity index (χ3v) is 2.00. The van der Waals surface area contributed by atoms with Gasteiger partial charge in [-0.25, -0.2) is 0 Å². The largest absolute Gasteiger partial charge is 0.121 e. The van der Waals surface area contributed by atoms with E-state index in [0.717, 1.165) is 10.6 Å². The molecule has 0 aromatic heterocycles. The average molecular weight is 175 g/mol. The van der Waals surface area contributed by atoms with Crippen LogP contribution in [0.3, 0.4) is 0 Å². The number of hydrogen-bond donors (Lipinski definition) is 0. The number of rotatable bonds is 1. The molecule has 1 rings (SSSR count). The molecule has 0 radical (unpaired) electrons. The molecular formula is C8H8Cl2. The van der Waals surface area contributed by atoms with Crippen LogP contribution in [0.2, 0.25) is 5.02 Å². The van der Waals surface area contributed by atoms with Crippen LogP contribution in [0.25, 0.3) is 0 Å². The highest BCUT2D eigenvalue weighted by molar-refractivity contribution is 6.32. The molecule has 0 bridgehead atoms. The lowest BCUT2D eigenvalue weighted by Crippen LogP contribution is -1.80. The minimum absolute atomic E-state index is 0.487. The fourth-order valence-corrected chi connectivity index (χ4v) is 1.28. The van der Waals surface area contributed by atoms with E-state index < -0.39 is 0 Å². The van der Waals surface area contributed by atoms with Gasteiger partial charge in [-0.05, 0) is 18.6 Å².